The molecule has 0 N–H and O–H groups in total. The van der Waals surface area contributed by atoms with Crippen molar-refractivity contribution in [1.82, 2.24) is 9.80 Å². The fourth-order valence-electron chi connectivity index (χ4n) is 4.99. The molecule has 0 unspecified atom stereocenters. The largest absolute Gasteiger partial charge is 0.444 e. The number of hydrogen-bond donors (Lipinski definition) is 0. The van der Waals surface area contributed by atoms with Crippen LogP contribution in [0.4, 0.5) is 4.79 Å². The predicted octanol–water partition coefficient (Wildman–Crippen LogP) is 4.10. The molecule has 0 radical (unpaired) electrons. The van der Waals surface area contributed by atoms with E-state index >= 15 is 0 Å². The maximum Gasteiger partial charge on any atom is 0.410 e. The van der Waals surface area contributed by atoms with Crippen molar-refractivity contribution < 1.29 is 19.1 Å². The molecule has 156 valence electrons. The molecule has 0 bridgehead atoms. The molecule has 2 fully saturated rings. The summed E-state index contributed by atoms with van der Waals surface area (Å²) in [5.41, 5.74) is 0.918. The average Bonchev–Trinajstić information content (AvgIpc) is 2.81. The smallest absolute Gasteiger partial charge is 0.410 e. The first-order valence-corrected chi connectivity index (χ1v) is 10.6. The summed E-state index contributed by atoms with van der Waals surface area (Å²) in [6.45, 7) is 7.79. The lowest BCUT2D eigenvalue weighted by molar-refractivity contribution is -0.0968. The van der Waals surface area contributed by atoms with E-state index in [1.165, 1.54) is 17.7 Å². The number of carbonyl (C=O) groups excluding carboxylic acids is 3. The summed E-state index contributed by atoms with van der Waals surface area (Å²) < 4.78 is 5.43. The summed E-state index contributed by atoms with van der Waals surface area (Å²) in [5, 5.41) is 0. The number of carbonyl (C=O) groups is 3. The minimum absolute atomic E-state index is 0.162. The van der Waals surface area contributed by atoms with Crippen LogP contribution >= 0.6 is 0 Å². The molecule has 1 aromatic rings. The predicted molar refractivity (Wildman–Crippen MR) is 109 cm³/mol. The molecule has 2 heterocycles. The van der Waals surface area contributed by atoms with Gasteiger partial charge >= 0.3 is 6.09 Å². The van der Waals surface area contributed by atoms with E-state index in [2.05, 4.69) is 0 Å². The van der Waals surface area contributed by atoms with Gasteiger partial charge in [0.25, 0.3) is 11.8 Å². The van der Waals surface area contributed by atoms with E-state index < -0.39 is 5.60 Å². The lowest BCUT2D eigenvalue weighted by Crippen LogP contribution is -2.64. The fraction of sp³-hybridized carbons (Fsp3) is 0.609. The van der Waals surface area contributed by atoms with Crippen LogP contribution in [0.1, 0.15) is 73.6 Å². The fourth-order valence-corrected chi connectivity index (χ4v) is 4.99. The Hall–Kier alpha value is -2.37. The van der Waals surface area contributed by atoms with Crippen LogP contribution in [0.2, 0.25) is 0 Å². The molecule has 3 amide bonds. The van der Waals surface area contributed by atoms with E-state index in [0.717, 1.165) is 32.4 Å². The molecule has 1 saturated carbocycles. The van der Waals surface area contributed by atoms with Crippen LogP contribution in [-0.2, 0) is 4.74 Å². The molecular weight excluding hydrogens is 368 g/mol. The van der Waals surface area contributed by atoms with Crippen LogP contribution in [0.25, 0.3) is 0 Å². The maximum atomic E-state index is 12.4. The zero-order valence-corrected chi connectivity index (χ0v) is 17.6. The average molecular weight is 399 g/mol. The number of nitrogens with zero attached hydrogens (tertiary/aromatic N) is 2. The third-order valence-corrected chi connectivity index (χ3v) is 6.27. The van der Waals surface area contributed by atoms with Crippen LogP contribution in [0.3, 0.4) is 0 Å². The lowest BCUT2D eigenvalue weighted by atomic mass is 9.57. The Morgan fingerprint density at radius 2 is 1.66 bits per heavy atom. The summed E-state index contributed by atoms with van der Waals surface area (Å²) in [6, 6.07) is 7.04. The molecule has 6 heteroatoms. The van der Waals surface area contributed by atoms with Gasteiger partial charge < -0.3 is 9.64 Å². The quantitative estimate of drug-likeness (QED) is 0.553. The number of imide groups is 1. The third kappa shape index (κ3) is 3.89. The number of unbranched alkanes of at least 4 members (excludes halogenated alkanes) is 1. The van der Waals surface area contributed by atoms with Crippen LogP contribution in [0.15, 0.2) is 24.3 Å². The van der Waals surface area contributed by atoms with Crippen molar-refractivity contribution in [3.63, 3.8) is 0 Å². The summed E-state index contributed by atoms with van der Waals surface area (Å²) >= 11 is 0. The number of fused-ring (bicyclic) bond motifs is 1. The van der Waals surface area contributed by atoms with Gasteiger partial charge in [0.2, 0.25) is 0 Å². The first kappa shape index (κ1) is 19.9. The first-order valence-electron chi connectivity index (χ1n) is 10.6. The van der Waals surface area contributed by atoms with Crippen molar-refractivity contribution in [3.05, 3.63) is 35.4 Å². The van der Waals surface area contributed by atoms with E-state index in [1.54, 1.807) is 24.3 Å². The highest BCUT2D eigenvalue weighted by Gasteiger charge is 2.53. The van der Waals surface area contributed by atoms with Crippen molar-refractivity contribution >= 4 is 17.9 Å². The molecule has 2 aliphatic heterocycles. The van der Waals surface area contributed by atoms with Gasteiger partial charge in [-0.1, -0.05) is 25.0 Å². The number of rotatable bonds is 5. The Balaban J connectivity index is 1.14. The Morgan fingerprint density at radius 3 is 2.21 bits per heavy atom. The van der Waals surface area contributed by atoms with Crippen molar-refractivity contribution in [3.8, 4) is 0 Å². The second-order valence-electron chi connectivity index (χ2n) is 9.91. The molecule has 1 aromatic carbocycles. The van der Waals surface area contributed by atoms with E-state index in [9.17, 15) is 14.4 Å². The third-order valence-electron chi connectivity index (χ3n) is 6.27. The van der Waals surface area contributed by atoms with E-state index in [0.29, 0.717) is 29.0 Å². The molecule has 0 aromatic heterocycles. The van der Waals surface area contributed by atoms with E-state index in [1.807, 2.05) is 25.7 Å². The Labute approximate surface area is 172 Å². The first-order chi connectivity index (χ1) is 13.7. The Kier molecular flexibility index (Phi) is 4.91. The minimum atomic E-state index is -0.443. The highest BCUT2D eigenvalue weighted by molar-refractivity contribution is 6.21. The monoisotopic (exact) mass is 398 g/mol. The summed E-state index contributed by atoms with van der Waals surface area (Å²) in [5.74, 6) is 0.368. The molecule has 3 aliphatic rings. The van der Waals surface area contributed by atoms with Gasteiger partial charge in [0.1, 0.15) is 5.60 Å². The minimum Gasteiger partial charge on any atom is -0.444 e. The molecule has 0 atom stereocenters. The molecule has 6 nitrogen and oxygen atoms in total. The number of benzene rings is 1. The molecule has 1 saturated heterocycles. The van der Waals surface area contributed by atoms with Crippen molar-refractivity contribution in [2.75, 3.05) is 19.6 Å². The number of ether oxygens (including phenoxy) is 1. The van der Waals surface area contributed by atoms with Gasteiger partial charge in [-0.15, -0.1) is 0 Å². The van der Waals surface area contributed by atoms with E-state index in [4.69, 9.17) is 4.74 Å². The molecule has 1 spiro atoms. The normalized spacial score (nSPS) is 20.5. The van der Waals surface area contributed by atoms with Gasteiger partial charge in [0.15, 0.2) is 0 Å². The van der Waals surface area contributed by atoms with Crippen molar-refractivity contribution in [2.45, 2.75) is 58.5 Å². The molecule has 1 aliphatic carbocycles. The number of likely N-dealkylation sites (tertiary alicyclic amines) is 1. The Bertz CT molecular complexity index is 793. The van der Waals surface area contributed by atoms with Gasteiger partial charge in [-0.25, -0.2) is 4.79 Å². The zero-order valence-electron chi connectivity index (χ0n) is 17.6. The molecule has 4 rings (SSSR count). The van der Waals surface area contributed by atoms with Crippen LogP contribution in [-0.4, -0.2) is 52.9 Å². The van der Waals surface area contributed by atoms with Gasteiger partial charge in [-0.2, -0.15) is 0 Å². The molecular formula is C23H30N2O4. The van der Waals surface area contributed by atoms with Crippen LogP contribution < -0.4 is 0 Å². The highest BCUT2D eigenvalue weighted by atomic mass is 16.6. The second-order valence-corrected chi connectivity index (χ2v) is 9.91. The summed E-state index contributed by atoms with van der Waals surface area (Å²) in [4.78, 5) is 40.0. The van der Waals surface area contributed by atoms with Gasteiger partial charge in [0, 0.05) is 25.0 Å². The van der Waals surface area contributed by atoms with Crippen LogP contribution in [0.5, 0.6) is 0 Å². The summed E-state index contributed by atoms with van der Waals surface area (Å²) in [6.07, 6.45) is 5.12. The van der Waals surface area contributed by atoms with Gasteiger partial charge in [-0.05, 0) is 58.1 Å². The zero-order chi connectivity index (χ0) is 20.8. The van der Waals surface area contributed by atoms with Gasteiger partial charge in [-0.3, -0.25) is 14.5 Å². The maximum absolute atomic E-state index is 12.4. The lowest BCUT2D eigenvalue weighted by Gasteiger charge is -2.59. The molecule has 29 heavy (non-hydrogen) atoms. The Morgan fingerprint density at radius 1 is 1.07 bits per heavy atom. The van der Waals surface area contributed by atoms with Crippen molar-refractivity contribution in [1.29, 1.82) is 0 Å². The second kappa shape index (κ2) is 7.15. The number of amides is 3. The topological polar surface area (TPSA) is 66.9 Å². The summed E-state index contributed by atoms with van der Waals surface area (Å²) in [7, 11) is 0. The SMILES string of the molecule is CC(C)(C)OC(=O)N1CC2(CC(CCCCN3C(=O)c4ccccc4C3=O)C2)C1. The van der Waals surface area contributed by atoms with E-state index in [-0.39, 0.29) is 17.9 Å². The van der Waals surface area contributed by atoms with Gasteiger partial charge in [0.05, 0.1) is 11.1 Å². The van der Waals surface area contributed by atoms with Crippen molar-refractivity contribution in [2.24, 2.45) is 11.3 Å². The number of hydrogen-bond acceptors (Lipinski definition) is 4. The van der Waals surface area contributed by atoms with Crippen LogP contribution in [0, 0.1) is 11.3 Å². The standard InChI is InChI=1S/C23H30N2O4/c1-22(2,3)29-21(28)24-14-23(15-24)12-16(13-23)8-6-7-11-25-19(26)17-9-4-5-10-18(17)20(25)27/h4-5,9-10,16H,6-8,11-15H2,1-3H3. The highest BCUT2D eigenvalue weighted by Crippen LogP contribution is 2.53.